The second-order valence-electron chi connectivity index (χ2n) is 4.95. The van der Waals surface area contributed by atoms with Crippen molar-refractivity contribution in [1.82, 2.24) is 0 Å². The Morgan fingerprint density at radius 3 is 2.22 bits per heavy atom. The number of carboxylic acids is 1. The summed E-state index contributed by atoms with van der Waals surface area (Å²) in [6, 6.07) is 6.77. The zero-order valence-electron chi connectivity index (χ0n) is 12.8. The first-order valence-corrected chi connectivity index (χ1v) is 7.72. The number of hydrogen-bond donors (Lipinski definition) is 1. The lowest BCUT2D eigenvalue weighted by molar-refractivity contribution is -0.191. The number of aliphatic carboxylic acids is 1. The molecule has 8 heteroatoms. The van der Waals surface area contributed by atoms with Gasteiger partial charge in [-0.15, -0.1) is 0 Å². The van der Waals surface area contributed by atoms with Gasteiger partial charge in [0.05, 0.1) is 19.0 Å². The number of benzene rings is 1. The van der Waals surface area contributed by atoms with Crippen molar-refractivity contribution < 1.29 is 33.6 Å². The fourth-order valence-electron chi connectivity index (χ4n) is 2.37. The maximum Gasteiger partial charge on any atom is 0.338 e. The van der Waals surface area contributed by atoms with Gasteiger partial charge >= 0.3 is 11.9 Å². The van der Waals surface area contributed by atoms with Crippen molar-refractivity contribution in [3.63, 3.8) is 0 Å². The number of ether oxygens (including phenoxy) is 4. The minimum atomic E-state index is -1.47. The predicted molar refractivity (Wildman–Crippen MR) is 82.5 cm³/mol. The number of hydrogen-bond acceptors (Lipinski definition) is 6. The first-order chi connectivity index (χ1) is 10.9. The Morgan fingerprint density at radius 2 is 1.78 bits per heavy atom. The molecule has 7 nitrogen and oxygen atoms in total. The van der Waals surface area contributed by atoms with E-state index in [4.69, 9.17) is 14.2 Å². The van der Waals surface area contributed by atoms with Gasteiger partial charge in [-0.1, -0.05) is 15.9 Å². The normalized spacial score (nSPS) is 28.2. The summed E-state index contributed by atoms with van der Waals surface area (Å²) in [7, 11) is 2.70. The van der Waals surface area contributed by atoms with Gasteiger partial charge < -0.3 is 24.1 Å². The molecular weight excluding hydrogens is 372 g/mol. The Bertz CT molecular complexity index is 586. The van der Waals surface area contributed by atoms with Crippen LogP contribution in [0.4, 0.5) is 0 Å². The van der Waals surface area contributed by atoms with E-state index in [0.717, 1.165) is 7.11 Å². The van der Waals surface area contributed by atoms with E-state index >= 15 is 0 Å². The second-order valence-corrected chi connectivity index (χ2v) is 6.32. The number of carboxylic acid groups (broad SMARTS) is 1. The zero-order valence-corrected chi connectivity index (χ0v) is 14.4. The van der Waals surface area contributed by atoms with Crippen molar-refractivity contribution >= 4 is 27.9 Å². The number of alkyl halides is 1. The van der Waals surface area contributed by atoms with Crippen molar-refractivity contribution in [3.8, 4) is 5.75 Å². The monoisotopic (exact) mass is 388 g/mol. The Morgan fingerprint density at radius 1 is 1.22 bits per heavy atom. The first-order valence-electron chi connectivity index (χ1n) is 6.80. The highest BCUT2D eigenvalue weighted by molar-refractivity contribution is 9.09. The van der Waals surface area contributed by atoms with Crippen molar-refractivity contribution in [1.29, 1.82) is 0 Å². The third kappa shape index (κ3) is 3.19. The molecule has 4 atom stereocenters. The Labute approximate surface area is 141 Å². The zero-order chi connectivity index (χ0) is 17.2. The van der Waals surface area contributed by atoms with Gasteiger partial charge in [0.15, 0.2) is 12.2 Å². The van der Waals surface area contributed by atoms with Crippen molar-refractivity contribution in [3.05, 3.63) is 29.8 Å². The topological polar surface area (TPSA) is 91.3 Å². The number of carbonyl (C=O) groups excluding carboxylic acids is 1. The third-order valence-corrected chi connectivity index (χ3v) is 4.17. The molecule has 0 radical (unpaired) electrons. The molecule has 1 saturated heterocycles. The van der Waals surface area contributed by atoms with Gasteiger partial charge in [-0.3, -0.25) is 0 Å². The highest BCUT2D eigenvalue weighted by Gasteiger charge is 2.57. The highest BCUT2D eigenvalue weighted by Crippen LogP contribution is 2.44. The van der Waals surface area contributed by atoms with Crippen LogP contribution < -0.4 is 4.74 Å². The molecule has 4 unspecified atom stereocenters. The van der Waals surface area contributed by atoms with Crippen LogP contribution in [0, 0.1) is 0 Å². The van der Waals surface area contributed by atoms with Gasteiger partial charge in [0.25, 0.3) is 0 Å². The molecule has 2 rings (SSSR count). The SMILES string of the molecule is COC(=O)C1OC(c2ccc(OC)cc2)(C(C)Br)OC1C(=O)O. The fraction of sp³-hybridized carbons (Fsp3) is 0.467. The summed E-state index contributed by atoms with van der Waals surface area (Å²) in [5.74, 6) is -2.91. The number of methoxy groups -OCH3 is 2. The molecule has 0 bridgehead atoms. The number of esters is 1. The van der Waals surface area contributed by atoms with Crippen LogP contribution in [0.3, 0.4) is 0 Å². The van der Waals surface area contributed by atoms with Crippen molar-refractivity contribution in [2.75, 3.05) is 14.2 Å². The van der Waals surface area contributed by atoms with Crippen LogP contribution in [0.5, 0.6) is 5.75 Å². The average molecular weight is 389 g/mol. The average Bonchev–Trinajstić information content (AvgIpc) is 2.96. The summed E-state index contributed by atoms with van der Waals surface area (Å²) >= 11 is 3.38. The molecule has 0 aliphatic carbocycles. The number of carbonyl (C=O) groups is 2. The summed E-state index contributed by atoms with van der Waals surface area (Å²) in [5, 5.41) is 9.32. The molecule has 1 fully saturated rings. The molecule has 1 aliphatic rings. The van der Waals surface area contributed by atoms with Gasteiger partial charge in [0.2, 0.25) is 5.79 Å². The van der Waals surface area contributed by atoms with Crippen molar-refractivity contribution in [2.24, 2.45) is 0 Å². The number of rotatable bonds is 5. The highest BCUT2D eigenvalue weighted by atomic mass is 79.9. The lowest BCUT2D eigenvalue weighted by atomic mass is 10.0. The van der Waals surface area contributed by atoms with Gasteiger partial charge in [-0.25, -0.2) is 9.59 Å². The summed E-state index contributed by atoms with van der Waals surface area (Å²) in [6.07, 6.45) is -2.83. The molecular formula is C15H17BrO7. The summed E-state index contributed by atoms with van der Waals surface area (Å²) in [4.78, 5) is 22.8. The summed E-state index contributed by atoms with van der Waals surface area (Å²) < 4.78 is 21.1. The van der Waals surface area contributed by atoms with Crippen LogP contribution in [-0.4, -0.2) is 48.3 Å². The van der Waals surface area contributed by atoms with Crippen LogP contribution in [-0.2, 0) is 29.6 Å². The van der Waals surface area contributed by atoms with Crippen molar-refractivity contribution in [2.45, 2.75) is 29.7 Å². The first kappa shape index (κ1) is 17.7. The van der Waals surface area contributed by atoms with E-state index in [1.807, 2.05) is 0 Å². The van der Waals surface area contributed by atoms with E-state index in [1.165, 1.54) is 7.11 Å². The fourth-order valence-corrected chi connectivity index (χ4v) is 2.85. The molecule has 1 N–H and O–H groups in total. The van der Waals surface area contributed by atoms with E-state index < -0.39 is 34.8 Å². The molecule has 1 heterocycles. The van der Waals surface area contributed by atoms with Crippen LogP contribution in [0.25, 0.3) is 0 Å². The minimum Gasteiger partial charge on any atom is -0.497 e. The quantitative estimate of drug-likeness (QED) is 0.605. The summed E-state index contributed by atoms with van der Waals surface area (Å²) in [6.45, 7) is 1.74. The van der Waals surface area contributed by atoms with E-state index in [-0.39, 0.29) is 0 Å². The molecule has 0 saturated carbocycles. The van der Waals surface area contributed by atoms with Crippen LogP contribution in [0.2, 0.25) is 0 Å². The van der Waals surface area contributed by atoms with E-state index in [9.17, 15) is 14.7 Å². The molecule has 1 aliphatic heterocycles. The maximum absolute atomic E-state index is 11.8. The van der Waals surface area contributed by atoms with E-state index in [0.29, 0.717) is 11.3 Å². The number of halogens is 1. The molecule has 0 aromatic heterocycles. The van der Waals surface area contributed by atoms with E-state index in [1.54, 1.807) is 31.2 Å². The third-order valence-electron chi connectivity index (χ3n) is 3.57. The standard InChI is InChI=1S/C15H17BrO7/c1-8(16)15(9-4-6-10(20-2)7-5-9)22-11(13(17)18)12(23-15)14(19)21-3/h4-8,11-12H,1-3H3,(H,17,18). The maximum atomic E-state index is 11.8. The Kier molecular flexibility index (Phi) is 5.28. The summed E-state index contributed by atoms with van der Waals surface area (Å²) in [5.41, 5.74) is 0.556. The van der Waals surface area contributed by atoms with Gasteiger partial charge in [-0.05, 0) is 31.2 Å². The van der Waals surface area contributed by atoms with Gasteiger partial charge in [-0.2, -0.15) is 0 Å². The van der Waals surface area contributed by atoms with Gasteiger partial charge in [0, 0.05) is 5.56 Å². The predicted octanol–water partition coefficient (Wildman–Crippen LogP) is 1.67. The molecule has 1 aromatic carbocycles. The lowest BCUT2D eigenvalue weighted by Crippen LogP contribution is -2.37. The molecule has 1 aromatic rings. The largest absolute Gasteiger partial charge is 0.497 e. The molecule has 126 valence electrons. The molecule has 23 heavy (non-hydrogen) atoms. The van der Waals surface area contributed by atoms with E-state index in [2.05, 4.69) is 20.7 Å². The minimum absolute atomic E-state index is 0.431. The second kappa shape index (κ2) is 6.86. The lowest BCUT2D eigenvalue weighted by Gasteiger charge is -2.31. The Balaban J connectivity index is 2.44. The van der Waals surface area contributed by atoms with Crippen LogP contribution in [0.15, 0.2) is 24.3 Å². The van der Waals surface area contributed by atoms with Crippen LogP contribution >= 0.6 is 15.9 Å². The molecule has 0 spiro atoms. The Hall–Kier alpha value is -1.64. The van der Waals surface area contributed by atoms with Crippen LogP contribution in [0.1, 0.15) is 12.5 Å². The molecule has 0 amide bonds. The smallest absolute Gasteiger partial charge is 0.338 e. The van der Waals surface area contributed by atoms with Gasteiger partial charge in [0.1, 0.15) is 5.75 Å².